The van der Waals surface area contributed by atoms with Crippen LogP contribution >= 0.6 is 0 Å². The quantitative estimate of drug-likeness (QED) is 0.126. The van der Waals surface area contributed by atoms with E-state index < -0.39 is 23.8 Å². The number of hydrazine groups is 1. The van der Waals surface area contributed by atoms with Crippen molar-refractivity contribution < 1.29 is 19.5 Å². The Balaban J connectivity index is 1.49. The van der Waals surface area contributed by atoms with E-state index in [1.807, 2.05) is 38.1 Å². The summed E-state index contributed by atoms with van der Waals surface area (Å²) in [5.74, 6) is 9.71. The minimum Gasteiger partial charge on any atom is -0.480 e. The zero-order valence-corrected chi connectivity index (χ0v) is 21.4. The highest BCUT2D eigenvalue weighted by molar-refractivity contribution is 6.06. The van der Waals surface area contributed by atoms with E-state index in [9.17, 15) is 19.5 Å². The van der Waals surface area contributed by atoms with Crippen molar-refractivity contribution in [1.82, 2.24) is 20.7 Å². The number of carboxylic acids is 1. The van der Waals surface area contributed by atoms with Crippen LogP contribution in [0.3, 0.4) is 0 Å². The molecule has 1 unspecified atom stereocenters. The monoisotopic (exact) mass is 521 g/mol. The van der Waals surface area contributed by atoms with Gasteiger partial charge in [0.25, 0.3) is 11.8 Å². The molecule has 0 aliphatic rings. The summed E-state index contributed by atoms with van der Waals surface area (Å²) in [6.07, 6.45) is 3.54. The van der Waals surface area contributed by atoms with Gasteiger partial charge < -0.3 is 10.4 Å². The van der Waals surface area contributed by atoms with Crippen LogP contribution < -0.4 is 16.6 Å². The number of hydrogen-bond acceptors (Lipinski definition) is 6. The standard InChI is InChI=1S/C30H27N5O4/c1-18(2)15-27(30(38)39)34-28(36)22-11-7-20(8-12-22)4-3-19-5-9-21(10-6-19)26-16-23(29(37)35-31)24-17-32-14-13-25(24)33-26/h5-14,16-18,27H,15,31H2,1-2H3,(H,34,36)(H,35,37)(H,38,39). The number of hydrogen-bond donors (Lipinski definition) is 4. The fourth-order valence-corrected chi connectivity index (χ4v) is 3.99. The Hall–Kier alpha value is -5.07. The number of carboxylic acid groups (broad SMARTS) is 1. The third-order valence-corrected chi connectivity index (χ3v) is 5.98. The van der Waals surface area contributed by atoms with Crippen molar-refractivity contribution in [2.24, 2.45) is 11.8 Å². The van der Waals surface area contributed by atoms with Crippen LogP contribution in [0.4, 0.5) is 0 Å². The smallest absolute Gasteiger partial charge is 0.326 e. The van der Waals surface area contributed by atoms with E-state index in [2.05, 4.69) is 32.6 Å². The largest absolute Gasteiger partial charge is 0.480 e. The van der Waals surface area contributed by atoms with Crippen LogP contribution in [0, 0.1) is 17.8 Å². The number of carbonyl (C=O) groups is 3. The Kier molecular flexibility index (Phi) is 8.29. The first-order valence-corrected chi connectivity index (χ1v) is 12.3. The first kappa shape index (κ1) is 27.0. The molecule has 9 nitrogen and oxygen atoms in total. The number of fused-ring (bicyclic) bond motifs is 1. The van der Waals surface area contributed by atoms with Crippen LogP contribution in [0.25, 0.3) is 22.2 Å². The van der Waals surface area contributed by atoms with E-state index in [0.29, 0.717) is 39.7 Å². The summed E-state index contributed by atoms with van der Waals surface area (Å²) in [4.78, 5) is 44.9. The maximum atomic E-state index is 12.5. The van der Waals surface area contributed by atoms with Gasteiger partial charge in [-0.1, -0.05) is 37.8 Å². The average molecular weight is 522 g/mol. The lowest BCUT2D eigenvalue weighted by Gasteiger charge is -2.16. The van der Waals surface area contributed by atoms with E-state index in [1.54, 1.807) is 48.8 Å². The molecule has 4 rings (SSSR count). The number of carbonyl (C=O) groups excluding carboxylic acids is 2. The molecule has 1 atom stereocenters. The van der Waals surface area contributed by atoms with Gasteiger partial charge in [0, 0.05) is 40.0 Å². The fourth-order valence-electron chi connectivity index (χ4n) is 3.99. The molecule has 2 aromatic carbocycles. The van der Waals surface area contributed by atoms with Crippen molar-refractivity contribution in [1.29, 1.82) is 0 Å². The van der Waals surface area contributed by atoms with E-state index in [1.165, 1.54) is 0 Å². The highest BCUT2D eigenvalue weighted by atomic mass is 16.4. The molecule has 0 bridgehead atoms. The Labute approximate surface area is 225 Å². The van der Waals surface area contributed by atoms with Gasteiger partial charge in [-0.05, 0) is 60.9 Å². The average Bonchev–Trinajstić information content (AvgIpc) is 2.95. The zero-order valence-electron chi connectivity index (χ0n) is 21.4. The number of nitrogens with zero attached hydrogens (tertiary/aromatic N) is 2. The normalized spacial score (nSPS) is 11.4. The lowest BCUT2D eigenvalue weighted by Crippen LogP contribution is -2.41. The van der Waals surface area contributed by atoms with Gasteiger partial charge >= 0.3 is 5.97 Å². The van der Waals surface area contributed by atoms with Crippen LogP contribution in [-0.4, -0.2) is 38.9 Å². The molecule has 0 radical (unpaired) electrons. The maximum Gasteiger partial charge on any atom is 0.326 e. The molecule has 0 aliphatic carbocycles. The molecule has 4 aromatic rings. The highest BCUT2D eigenvalue weighted by Crippen LogP contribution is 2.24. The molecule has 2 aromatic heterocycles. The summed E-state index contributed by atoms with van der Waals surface area (Å²) in [6.45, 7) is 3.81. The summed E-state index contributed by atoms with van der Waals surface area (Å²) < 4.78 is 0. The van der Waals surface area contributed by atoms with Gasteiger partial charge in [-0.25, -0.2) is 15.6 Å². The van der Waals surface area contributed by atoms with Crippen molar-refractivity contribution in [3.63, 3.8) is 0 Å². The zero-order chi connectivity index (χ0) is 27.9. The van der Waals surface area contributed by atoms with Crippen LogP contribution in [0.5, 0.6) is 0 Å². The van der Waals surface area contributed by atoms with Gasteiger partial charge in [-0.2, -0.15) is 0 Å². The van der Waals surface area contributed by atoms with Crippen molar-refractivity contribution in [2.45, 2.75) is 26.3 Å². The van der Waals surface area contributed by atoms with E-state index in [0.717, 1.165) is 11.1 Å². The number of pyridine rings is 2. The number of amides is 2. The second-order valence-electron chi connectivity index (χ2n) is 9.32. The van der Waals surface area contributed by atoms with Crippen LogP contribution in [-0.2, 0) is 4.79 Å². The summed E-state index contributed by atoms with van der Waals surface area (Å²) >= 11 is 0. The molecule has 5 N–H and O–H groups in total. The van der Waals surface area contributed by atoms with Crippen LogP contribution in [0.15, 0.2) is 73.1 Å². The van der Waals surface area contributed by atoms with Crippen molar-refractivity contribution in [2.75, 3.05) is 0 Å². The minimum absolute atomic E-state index is 0.134. The molecule has 9 heteroatoms. The van der Waals surface area contributed by atoms with Gasteiger partial charge in [0.1, 0.15) is 6.04 Å². The summed E-state index contributed by atoms with van der Waals surface area (Å²) in [5.41, 5.74) is 6.42. The third kappa shape index (κ3) is 6.63. The molecule has 2 amide bonds. The molecule has 0 aliphatic heterocycles. The molecular formula is C30H27N5O4. The maximum absolute atomic E-state index is 12.5. The number of rotatable bonds is 7. The minimum atomic E-state index is -1.05. The number of nitrogens with one attached hydrogen (secondary N) is 2. The molecular weight excluding hydrogens is 494 g/mol. The Bertz CT molecular complexity index is 1590. The van der Waals surface area contributed by atoms with Crippen molar-refractivity contribution in [3.05, 3.63) is 95.3 Å². The van der Waals surface area contributed by atoms with Gasteiger partial charge in [-0.3, -0.25) is 20.0 Å². The first-order valence-electron chi connectivity index (χ1n) is 12.3. The number of nitrogens with two attached hydrogens (primary N) is 1. The highest BCUT2D eigenvalue weighted by Gasteiger charge is 2.21. The molecule has 0 saturated heterocycles. The van der Waals surface area contributed by atoms with Crippen LogP contribution in [0.1, 0.15) is 52.1 Å². The van der Waals surface area contributed by atoms with Crippen molar-refractivity contribution >= 4 is 28.7 Å². The predicted octanol–water partition coefficient (Wildman–Crippen LogP) is 3.53. The van der Waals surface area contributed by atoms with E-state index in [-0.39, 0.29) is 5.92 Å². The molecule has 0 fully saturated rings. The number of aliphatic carboxylic acids is 1. The predicted molar refractivity (Wildman–Crippen MR) is 147 cm³/mol. The van der Waals surface area contributed by atoms with Gasteiger partial charge in [-0.15, -0.1) is 0 Å². The summed E-state index contributed by atoms with van der Waals surface area (Å²) in [7, 11) is 0. The van der Waals surface area contributed by atoms with E-state index in [4.69, 9.17) is 5.84 Å². The Morgan fingerprint density at radius 3 is 2.18 bits per heavy atom. The van der Waals surface area contributed by atoms with Gasteiger partial charge in [0.2, 0.25) is 0 Å². The number of aromatic nitrogens is 2. The SMILES string of the molecule is CC(C)CC(NC(=O)c1ccc(C#Cc2ccc(-c3cc(C(=O)NN)c4cnccc4n3)cc2)cc1)C(=O)O. The summed E-state index contributed by atoms with van der Waals surface area (Å²) in [5, 5.41) is 12.5. The molecule has 0 spiro atoms. The second kappa shape index (κ2) is 12.0. The molecule has 0 saturated carbocycles. The Morgan fingerprint density at radius 2 is 1.59 bits per heavy atom. The van der Waals surface area contributed by atoms with Crippen molar-refractivity contribution in [3.8, 4) is 23.1 Å². The molecule has 39 heavy (non-hydrogen) atoms. The van der Waals surface area contributed by atoms with Gasteiger partial charge in [0.05, 0.1) is 16.8 Å². The van der Waals surface area contributed by atoms with Gasteiger partial charge in [0.15, 0.2) is 0 Å². The number of benzene rings is 2. The third-order valence-electron chi connectivity index (χ3n) is 5.98. The lowest BCUT2D eigenvalue weighted by atomic mass is 10.0. The first-order chi connectivity index (χ1) is 18.7. The fraction of sp³-hybridized carbons (Fsp3) is 0.167. The molecule has 196 valence electrons. The van der Waals surface area contributed by atoms with E-state index >= 15 is 0 Å². The molecule has 2 heterocycles. The Morgan fingerprint density at radius 1 is 0.949 bits per heavy atom. The topological polar surface area (TPSA) is 147 Å². The number of nitrogen functional groups attached to an aromatic ring is 1. The van der Waals surface area contributed by atoms with Crippen LogP contribution in [0.2, 0.25) is 0 Å². The summed E-state index contributed by atoms with van der Waals surface area (Å²) in [6, 6.07) is 16.6. The second-order valence-corrected chi connectivity index (χ2v) is 9.32. The lowest BCUT2D eigenvalue weighted by molar-refractivity contribution is -0.139.